The number of hydrogen-bond donors (Lipinski definition) is 1. The number of benzene rings is 1. The third kappa shape index (κ3) is 4.15. The van der Waals surface area contributed by atoms with Crippen LogP contribution < -0.4 is 5.32 Å². The van der Waals surface area contributed by atoms with Crippen LogP contribution >= 0.6 is 39.1 Å². The molecule has 0 aliphatic heterocycles. The van der Waals surface area contributed by atoms with Crippen LogP contribution in [0.1, 0.15) is 29.1 Å². The lowest BCUT2D eigenvalue weighted by Crippen LogP contribution is -2.29. The first-order chi connectivity index (χ1) is 11.9. The van der Waals surface area contributed by atoms with E-state index in [0.29, 0.717) is 32.1 Å². The van der Waals surface area contributed by atoms with Crippen LogP contribution in [0.3, 0.4) is 0 Å². The van der Waals surface area contributed by atoms with E-state index in [2.05, 4.69) is 41.3 Å². The highest BCUT2D eigenvalue weighted by Gasteiger charge is 2.21. The summed E-state index contributed by atoms with van der Waals surface area (Å²) in [5.74, 6) is 0.485. The molecule has 0 aliphatic carbocycles. The maximum Gasteiger partial charge on any atom is 0.252 e. The molecule has 0 aliphatic rings. The number of nitrogens with zero attached hydrogens (tertiary/aromatic N) is 5. The summed E-state index contributed by atoms with van der Waals surface area (Å²) >= 11 is 15.1. The average Bonchev–Trinajstić information content (AvgIpc) is 2.97. The third-order valence-corrected chi connectivity index (χ3v) is 3.98. The fourth-order valence-electron chi connectivity index (χ4n) is 2.16. The predicted octanol–water partition coefficient (Wildman–Crippen LogP) is 3.62. The molecule has 3 aromatic rings. The van der Waals surface area contributed by atoms with E-state index in [-0.39, 0.29) is 5.91 Å². The largest absolute Gasteiger partial charge is 0.342 e. The lowest BCUT2D eigenvalue weighted by Gasteiger charge is -2.14. The quantitative estimate of drug-likeness (QED) is 0.668. The Morgan fingerprint density at radius 1 is 1.20 bits per heavy atom. The van der Waals surface area contributed by atoms with Crippen molar-refractivity contribution in [3.8, 4) is 5.95 Å². The van der Waals surface area contributed by atoms with Crippen LogP contribution in [0, 0.1) is 0 Å². The molecule has 0 spiro atoms. The zero-order valence-corrected chi connectivity index (χ0v) is 15.9. The van der Waals surface area contributed by atoms with Crippen molar-refractivity contribution in [2.45, 2.75) is 13.0 Å². The maximum absolute atomic E-state index is 12.5. The second-order valence-corrected chi connectivity index (χ2v) is 6.64. The molecule has 10 heteroatoms. The van der Waals surface area contributed by atoms with Gasteiger partial charge < -0.3 is 5.32 Å². The van der Waals surface area contributed by atoms with E-state index in [1.807, 2.05) is 0 Å². The highest BCUT2D eigenvalue weighted by atomic mass is 79.9. The molecule has 2 aromatic heterocycles. The number of carbonyl (C=O) groups excluding carboxylic acids is 1. The summed E-state index contributed by atoms with van der Waals surface area (Å²) in [5, 5.41) is 7.81. The summed E-state index contributed by atoms with van der Waals surface area (Å²) in [4.78, 5) is 25.0. The Balaban J connectivity index is 1.87. The molecule has 7 nitrogen and oxygen atoms in total. The van der Waals surface area contributed by atoms with Gasteiger partial charge in [-0.1, -0.05) is 23.2 Å². The van der Waals surface area contributed by atoms with Gasteiger partial charge in [0.05, 0.1) is 6.04 Å². The SMILES string of the molecule is CC(NC(=O)c1cc(Cl)cc(Cl)c1)c1nc(Br)nn1-c1ncccn1. The van der Waals surface area contributed by atoms with Gasteiger partial charge >= 0.3 is 0 Å². The minimum Gasteiger partial charge on any atom is -0.342 e. The standard InChI is InChI=1S/C15H11BrCl2N6O/c1-8(21-13(25)9-5-10(17)7-11(18)6-9)12-22-14(16)23-24(12)15-19-3-2-4-20-15/h2-8H,1H3,(H,21,25). The number of carbonyl (C=O) groups is 1. The molecular formula is C15H11BrCl2N6O. The Morgan fingerprint density at radius 3 is 2.48 bits per heavy atom. The zero-order chi connectivity index (χ0) is 18.0. The van der Waals surface area contributed by atoms with Crippen molar-refractivity contribution in [1.29, 1.82) is 0 Å². The van der Waals surface area contributed by atoms with E-state index < -0.39 is 6.04 Å². The van der Waals surface area contributed by atoms with Crippen molar-refractivity contribution in [3.05, 3.63) is 62.8 Å². The van der Waals surface area contributed by atoms with Crippen molar-refractivity contribution < 1.29 is 4.79 Å². The second-order valence-electron chi connectivity index (χ2n) is 5.05. The summed E-state index contributed by atoms with van der Waals surface area (Å²) < 4.78 is 1.82. The third-order valence-electron chi connectivity index (χ3n) is 3.21. The minimum absolute atomic E-state index is 0.337. The summed E-state index contributed by atoms with van der Waals surface area (Å²) in [6, 6.07) is 5.87. The van der Waals surface area contributed by atoms with Crippen molar-refractivity contribution in [3.63, 3.8) is 0 Å². The molecule has 0 saturated carbocycles. The first-order valence-electron chi connectivity index (χ1n) is 7.11. The summed E-state index contributed by atoms with van der Waals surface area (Å²) in [6.45, 7) is 1.78. The van der Waals surface area contributed by atoms with Gasteiger partial charge in [0.15, 0.2) is 5.82 Å². The van der Waals surface area contributed by atoms with Crippen molar-refractivity contribution in [1.82, 2.24) is 30.0 Å². The van der Waals surface area contributed by atoms with Gasteiger partial charge in [0, 0.05) is 28.0 Å². The van der Waals surface area contributed by atoms with Crippen LogP contribution in [0.5, 0.6) is 0 Å². The number of hydrogen-bond acceptors (Lipinski definition) is 5. The Hall–Kier alpha value is -2.03. The first-order valence-corrected chi connectivity index (χ1v) is 8.66. The Bertz CT molecular complexity index is 897. The van der Waals surface area contributed by atoms with Gasteiger partial charge in [-0.15, -0.1) is 5.10 Å². The van der Waals surface area contributed by atoms with E-state index in [4.69, 9.17) is 23.2 Å². The molecule has 1 aromatic carbocycles. The molecule has 25 heavy (non-hydrogen) atoms. The maximum atomic E-state index is 12.5. The number of aromatic nitrogens is 5. The normalized spacial score (nSPS) is 12.0. The summed E-state index contributed by atoms with van der Waals surface area (Å²) in [6.07, 6.45) is 3.19. The molecule has 1 N–H and O–H groups in total. The molecule has 0 fully saturated rings. The van der Waals surface area contributed by atoms with Crippen LogP contribution in [-0.4, -0.2) is 30.6 Å². The van der Waals surface area contributed by atoms with E-state index in [9.17, 15) is 4.79 Å². The molecule has 1 unspecified atom stereocenters. The topological polar surface area (TPSA) is 85.6 Å². The predicted molar refractivity (Wildman–Crippen MR) is 97.0 cm³/mol. The van der Waals surface area contributed by atoms with Crippen LogP contribution in [0.25, 0.3) is 5.95 Å². The molecule has 0 saturated heterocycles. The number of halogens is 3. The Morgan fingerprint density at radius 2 is 1.84 bits per heavy atom. The Labute approximate surface area is 161 Å². The van der Waals surface area contributed by atoms with Gasteiger partial charge in [-0.3, -0.25) is 4.79 Å². The van der Waals surface area contributed by atoms with E-state index in [1.54, 1.807) is 31.5 Å². The zero-order valence-electron chi connectivity index (χ0n) is 12.8. The van der Waals surface area contributed by atoms with E-state index in [1.165, 1.54) is 16.8 Å². The lowest BCUT2D eigenvalue weighted by molar-refractivity contribution is 0.0938. The van der Waals surface area contributed by atoms with Gasteiger partial charge in [-0.2, -0.15) is 4.68 Å². The highest BCUT2D eigenvalue weighted by molar-refractivity contribution is 9.10. The first kappa shape index (κ1) is 17.8. The minimum atomic E-state index is -0.465. The van der Waals surface area contributed by atoms with Crippen LogP contribution in [-0.2, 0) is 0 Å². The van der Waals surface area contributed by atoms with Gasteiger partial charge in [0.25, 0.3) is 11.9 Å². The van der Waals surface area contributed by atoms with Crippen molar-refractivity contribution in [2.75, 3.05) is 0 Å². The molecule has 0 bridgehead atoms. The lowest BCUT2D eigenvalue weighted by atomic mass is 10.2. The molecule has 3 rings (SSSR count). The number of nitrogens with one attached hydrogen (secondary N) is 1. The van der Waals surface area contributed by atoms with Crippen LogP contribution in [0.15, 0.2) is 41.4 Å². The smallest absolute Gasteiger partial charge is 0.252 e. The van der Waals surface area contributed by atoms with Gasteiger partial charge in [-0.05, 0) is 47.1 Å². The van der Waals surface area contributed by atoms with Crippen LogP contribution in [0.2, 0.25) is 10.0 Å². The summed E-state index contributed by atoms with van der Waals surface area (Å²) in [5.41, 5.74) is 0.352. The molecule has 1 amide bonds. The van der Waals surface area contributed by atoms with Gasteiger partial charge in [0.2, 0.25) is 4.73 Å². The van der Waals surface area contributed by atoms with Gasteiger partial charge in [0.1, 0.15) is 0 Å². The monoisotopic (exact) mass is 440 g/mol. The summed E-state index contributed by atoms with van der Waals surface area (Å²) in [7, 11) is 0. The van der Waals surface area contributed by atoms with Crippen molar-refractivity contribution >= 4 is 45.0 Å². The molecule has 0 radical (unpaired) electrons. The molecular weight excluding hydrogens is 431 g/mol. The fourth-order valence-corrected chi connectivity index (χ4v) is 3.02. The Kier molecular flexibility index (Phi) is 5.31. The molecule has 2 heterocycles. The van der Waals surface area contributed by atoms with E-state index in [0.717, 1.165) is 0 Å². The second kappa shape index (κ2) is 7.47. The average molecular weight is 442 g/mol. The highest BCUT2D eigenvalue weighted by Crippen LogP contribution is 2.21. The van der Waals surface area contributed by atoms with Crippen molar-refractivity contribution in [2.24, 2.45) is 0 Å². The van der Waals surface area contributed by atoms with E-state index >= 15 is 0 Å². The van der Waals surface area contributed by atoms with Gasteiger partial charge in [-0.25, -0.2) is 15.0 Å². The number of rotatable bonds is 4. The molecule has 128 valence electrons. The molecule has 1 atom stereocenters. The van der Waals surface area contributed by atoms with Crippen LogP contribution in [0.4, 0.5) is 0 Å². The number of amides is 1. The fraction of sp³-hybridized carbons (Fsp3) is 0.133.